The van der Waals surface area contributed by atoms with Crippen molar-refractivity contribution in [1.29, 1.82) is 0 Å². The zero-order chi connectivity index (χ0) is 26.7. The first-order valence-corrected chi connectivity index (χ1v) is 14.7. The SMILES string of the molecule is CCCS(=O)(=O)CC[C@H](C)N1C(=O)[C@@](C)(CC(=O)O)C[C@H](c2cccc(Cl)c2)[C@H]1c1ccc(Cl)cc1. The molecular formula is C27H33Cl2NO5S. The summed E-state index contributed by atoms with van der Waals surface area (Å²) in [4.78, 5) is 27.6. The number of carboxylic acids is 1. The minimum absolute atomic E-state index is 0.0450. The number of nitrogens with zero attached hydrogens (tertiary/aromatic N) is 1. The molecule has 0 radical (unpaired) electrons. The first-order valence-electron chi connectivity index (χ1n) is 12.1. The summed E-state index contributed by atoms with van der Waals surface area (Å²) < 4.78 is 24.9. The van der Waals surface area contributed by atoms with Gasteiger partial charge in [0.2, 0.25) is 5.91 Å². The number of carbonyl (C=O) groups excluding carboxylic acids is 1. The summed E-state index contributed by atoms with van der Waals surface area (Å²) in [6.45, 7) is 5.34. The molecule has 1 N–H and O–H groups in total. The van der Waals surface area contributed by atoms with Crippen LogP contribution in [0.25, 0.3) is 0 Å². The maximum absolute atomic E-state index is 14.0. The minimum atomic E-state index is -3.26. The van der Waals surface area contributed by atoms with Crippen LogP contribution in [0, 0.1) is 5.41 Å². The van der Waals surface area contributed by atoms with Crippen molar-refractivity contribution in [2.75, 3.05) is 11.5 Å². The number of sulfone groups is 1. The highest BCUT2D eigenvalue weighted by atomic mass is 35.5. The lowest BCUT2D eigenvalue weighted by Crippen LogP contribution is -2.55. The Kier molecular flexibility index (Phi) is 9.12. The molecule has 0 aliphatic carbocycles. The molecule has 2 aromatic carbocycles. The maximum atomic E-state index is 14.0. The number of halogens is 2. The fraction of sp³-hybridized carbons (Fsp3) is 0.481. The van der Waals surface area contributed by atoms with Crippen molar-refractivity contribution in [2.24, 2.45) is 5.41 Å². The number of piperidine rings is 1. The number of carbonyl (C=O) groups is 2. The van der Waals surface area contributed by atoms with Gasteiger partial charge in [-0.3, -0.25) is 9.59 Å². The molecule has 0 bridgehead atoms. The average Bonchev–Trinajstić information content (AvgIpc) is 2.79. The number of hydrogen-bond acceptors (Lipinski definition) is 4. The molecule has 0 spiro atoms. The molecule has 1 saturated heterocycles. The number of likely N-dealkylation sites (tertiary alicyclic amines) is 1. The Morgan fingerprint density at radius 1 is 1.11 bits per heavy atom. The third kappa shape index (κ3) is 6.61. The van der Waals surface area contributed by atoms with Crippen molar-refractivity contribution < 1.29 is 23.1 Å². The highest BCUT2D eigenvalue weighted by Gasteiger charge is 2.51. The Morgan fingerprint density at radius 2 is 1.78 bits per heavy atom. The Bertz CT molecular complexity index is 1200. The number of amides is 1. The van der Waals surface area contributed by atoms with Gasteiger partial charge in [0.1, 0.15) is 9.84 Å². The number of rotatable bonds is 10. The van der Waals surface area contributed by atoms with Crippen LogP contribution in [-0.4, -0.2) is 47.8 Å². The molecule has 1 fully saturated rings. The van der Waals surface area contributed by atoms with E-state index in [1.54, 1.807) is 30.0 Å². The Labute approximate surface area is 223 Å². The molecule has 1 amide bonds. The van der Waals surface area contributed by atoms with Gasteiger partial charge in [-0.2, -0.15) is 0 Å². The first-order chi connectivity index (χ1) is 16.9. The van der Waals surface area contributed by atoms with E-state index in [2.05, 4.69) is 0 Å². The van der Waals surface area contributed by atoms with Crippen LogP contribution in [0.4, 0.5) is 0 Å². The molecule has 3 rings (SSSR count). The Morgan fingerprint density at radius 3 is 2.36 bits per heavy atom. The zero-order valence-electron chi connectivity index (χ0n) is 20.8. The van der Waals surface area contributed by atoms with Crippen LogP contribution in [0.1, 0.15) is 69.5 Å². The normalized spacial score (nSPS) is 23.5. The van der Waals surface area contributed by atoms with Gasteiger partial charge in [0.15, 0.2) is 0 Å². The van der Waals surface area contributed by atoms with Crippen molar-refractivity contribution >= 4 is 44.9 Å². The number of carboxylic acid groups (broad SMARTS) is 1. The molecule has 9 heteroatoms. The van der Waals surface area contributed by atoms with Gasteiger partial charge in [-0.15, -0.1) is 0 Å². The van der Waals surface area contributed by atoms with Gasteiger partial charge in [-0.25, -0.2) is 8.42 Å². The van der Waals surface area contributed by atoms with Crippen molar-refractivity contribution in [1.82, 2.24) is 4.90 Å². The molecule has 6 nitrogen and oxygen atoms in total. The lowest BCUT2D eigenvalue weighted by molar-refractivity contribution is -0.160. The van der Waals surface area contributed by atoms with Crippen LogP contribution < -0.4 is 0 Å². The standard InChI is InChI=1S/C27H33Cl2NO5S/c1-4-13-36(34,35)14-12-18(2)30-25(19-8-10-21(28)11-9-19)23(20-6-5-7-22(29)15-20)16-27(3,26(30)33)17-24(31)32/h5-11,15,18,23,25H,4,12-14,16-17H2,1-3H3,(H,31,32)/t18-,23+,25+,27+/m0/s1. The summed E-state index contributed by atoms with van der Waals surface area (Å²) in [7, 11) is -3.26. The molecular weight excluding hydrogens is 521 g/mol. The molecule has 1 heterocycles. The van der Waals surface area contributed by atoms with Gasteiger partial charge >= 0.3 is 5.97 Å². The van der Waals surface area contributed by atoms with Gasteiger partial charge in [-0.1, -0.05) is 61.3 Å². The average molecular weight is 555 g/mol. The van der Waals surface area contributed by atoms with Gasteiger partial charge in [0.05, 0.1) is 23.6 Å². The Balaban J connectivity index is 2.14. The predicted molar refractivity (Wildman–Crippen MR) is 143 cm³/mol. The first kappa shape index (κ1) is 28.5. The molecule has 0 unspecified atom stereocenters. The molecule has 0 saturated carbocycles. The van der Waals surface area contributed by atoms with Crippen molar-refractivity contribution in [3.05, 3.63) is 69.7 Å². The van der Waals surface area contributed by atoms with E-state index in [1.165, 1.54) is 0 Å². The molecule has 2 aromatic rings. The van der Waals surface area contributed by atoms with E-state index >= 15 is 0 Å². The highest BCUT2D eigenvalue weighted by Crippen LogP contribution is 2.52. The van der Waals surface area contributed by atoms with E-state index in [0.29, 0.717) is 22.9 Å². The number of aliphatic carboxylic acids is 1. The molecule has 4 atom stereocenters. The van der Waals surface area contributed by atoms with Crippen LogP contribution in [-0.2, 0) is 19.4 Å². The summed E-state index contributed by atoms with van der Waals surface area (Å²) >= 11 is 12.5. The monoisotopic (exact) mass is 553 g/mol. The lowest BCUT2D eigenvalue weighted by atomic mass is 9.67. The van der Waals surface area contributed by atoms with Crippen LogP contribution in [0.3, 0.4) is 0 Å². The maximum Gasteiger partial charge on any atom is 0.304 e. The predicted octanol–water partition coefficient (Wildman–Crippen LogP) is 6.14. The summed E-state index contributed by atoms with van der Waals surface area (Å²) in [6, 6.07) is 13.8. The number of hydrogen-bond donors (Lipinski definition) is 1. The second-order valence-electron chi connectivity index (χ2n) is 10.00. The van der Waals surface area contributed by atoms with Crippen LogP contribution in [0.15, 0.2) is 48.5 Å². The van der Waals surface area contributed by atoms with E-state index in [-0.39, 0.29) is 36.2 Å². The van der Waals surface area contributed by atoms with E-state index < -0.39 is 33.3 Å². The summed E-state index contributed by atoms with van der Waals surface area (Å²) in [5.41, 5.74) is 0.568. The second-order valence-corrected chi connectivity index (χ2v) is 13.2. The minimum Gasteiger partial charge on any atom is -0.481 e. The van der Waals surface area contributed by atoms with E-state index in [0.717, 1.165) is 11.1 Å². The molecule has 1 aliphatic heterocycles. The van der Waals surface area contributed by atoms with Crippen molar-refractivity contribution in [2.45, 2.75) is 64.5 Å². The molecule has 0 aromatic heterocycles. The van der Waals surface area contributed by atoms with Gasteiger partial charge in [0.25, 0.3) is 0 Å². The highest BCUT2D eigenvalue weighted by molar-refractivity contribution is 7.91. The van der Waals surface area contributed by atoms with E-state index in [1.807, 2.05) is 44.2 Å². The van der Waals surface area contributed by atoms with E-state index in [9.17, 15) is 23.1 Å². The summed E-state index contributed by atoms with van der Waals surface area (Å²) in [5, 5.41) is 10.8. The fourth-order valence-corrected chi connectivity index (χ4v) is 7.12. The summed E-state index contributed by atoms with van der Waals surface area (Å²) in [5.74, 6) is -1.56. The van der Waals surface area contributed by atoms with Gasteiger partial charge in [0, 0.05) is 27.8 Å². The quantitative estimate of drug-likeness (QED) is 0.381. The smallest absolute Gasteiger partial charge is 0.304 e. The second kappa shape index (κ2) is 11.5. The summed E-state index contributed by atoms with van der Waals surface area (Å²) in [6.07, 6.45) is 0.764. The number of benzene rings is 2. The zero-order valence-corrected chi connectivity index (χ0v) is 23.1. The van der Waals surface area contributed by atoms with Crippen LogP contribution >= 0.6 is 23.2 Å². The molecule has 1 aliphatic rings. The van der Waals surface area contributed by atoms with Crippen molar-refractivity contribution in [3.8, 4) is 0 Å². The lowest BCUT2D eigenvalue weighted by Gasteiger charge is -2.51. The van der Waals surface area contributed by atoms with E-state index in [4.69, 9.17) is 23.2 Å². The van der Waals surface area contributed by atoms with Gasteiger partial charge < -0.3 is 10.0 Å². The molecule has 196 valence electrons. The van der Waals surface area contributed by atoms with Crippen LogP contribution in [0.2, 0.25) is 10.0 Å². The third-order valence-electron chi connectivity index (χ3n) is 6.97. The van der Waals surface area contributed by atoms with Crippen molar-refractivity contribution in [3.63, 3.8) is 0 Å². The Hall–Kier alpha value is -2.09. The van der Waals surface area contributed by atoms with Crippen LogP contribution in [0.5, 0.6) is 0 Å². The fourth-order valence-electron chi connectivity index (χ4n) is 5.26. The van der Waals surface area contributed by atoms with Gasteiger partial charge in [-0.05, 0) is 61.6 Å². The molecule has 36 heavy (non-hydrogen) atoms. The third-order valence-corrected chi connectivity index (χ3v) is 9.34. The topological polar surface area (TPSA) is 91.8 Å². The largest absolute Gasteiger partial charge is 0.481 e.